The molecule has 0 unspecified atom stereocenters. The Balaban J connectivity index is 4.21. The third-order valence-corrected chi connectivity index (χ3v) is 3.92. The predicted molar refractivity (Wildman–Crippen MR) is 72.5 cm³/mol. The Bertz CT molecular complexity index is 153. The van der Waals surface area contributed by atoms with Gasteiger partial charge in [-0.3, -0.25) is 0 Å². The Morgan fingerprint density at radius 1 is 0.933 bits per heavy atom. The van der Waals surface area contributed by atoms with Crippen molar-refractivity contribution in [1.29, 1.82) is 0 Å². The van der Waals surface area contributed by atoms with Gasteiger partial charge in [0.2, 0.25) is 0 Å². The molecule has 4 heteroatoms. The molecule has 0 aromatic heterocycles. The van der Waals surface area contributed by atoms with Crippen LogP contribution < -0.4 is 0 Å². The average molecular weight is 294 g/mol. The maximum atomic E-state index is 6.29. The highest BCUT2D eigenvalue weighted by molar-refractivity contribution is 6.67. The van der Waals surface area contributed by atoms with Gasteiger partial charge in [0, 0.05) is 11.3 Å². The van der Waals surface area contributed by atoms with Crippen molar-refractivity contribution in [2.75, 3.05) is 0 Å². The molecule has 0 saturated carbocycles. The quantitative estimate of drug-likeness (QED) is 0.508. The van der Waals surface area contributed by atoms with Crippen molar-refractivity contribution in [3.05, 3.63) is 0 Å². The van der Waals surface area contributed by atoms with E-state index in [1.54, 1.807) is 0 Å². The van der Waals surface area contributed by atoms with E-state index in [0.717, 1.165) is 38.5 Å². The third-order valence-electron chi connectivity index (χ3n) is 2.56. The summed E-state index contributed by atoms with van der Waals surface area (Å²) in [6.07, 6.45) is 6.22. The van der Waals surface area contributed by atoms with Gasteiger partial charge in [0.25, 0.3) is 0 Å². The van der Waals surface area contributed by atoms with Gasteiger partial charge in [0.1, 0.15) is 0 Å². The molecule has 0 aliphatic heterocycles. The minimum Gasteiger partial charge on any atom is -0.123 e. The predicted octanol–water partition coefficient (Wildman–Crippen LogP) is 5.96. The zero-order valence-corrected chi connectivity index (χ0v) is 12.4. The van der Waals surface area contributed by atoms with Crippen LogP contribution in [0.25, 0.3) is 0 Å². The van der Waals surface area contributed by atoms with Crippen LogP contribution in [0, 0.1) is 5.92 Å². The van der Waals surface area contributed by atoms with E-state index < -0.39 is 3.79 Å². The fourth-order valence-corrected chi connectivity index (χ4v) is 3.02. The maximum absolute atomic E-state index is 6.29. The number of halogens is 4. The molecule has 92 valence electrons. The lowest BCUT2D eigenvalue weighted by molar-refractivity contribution is 0.428. The summed E-state index contributed by atoms with van der Waals surface area (Å²) in [6, 6.07) is 0. The second kappa shape index (κ2) is 8.28. The lowest BCUT2D eigenvalue weighted by atomic mass is 9.96. The summed E-state index contributed by atoms with van der Waals surface area (Å²) in [5.41, 5.74) is 0. The normalized spacial score (nSPS) is 16.4. The number of rotatable bonds is 7. The van der Waals surface area contributed by atoms with E-state index in [1.165, 1.54) is 0 Å². The van der Waals surface area contributed by atoms with Crippen LogP contribution in [0.5, 0.6) is 0 Å². The fraction of sp³-hybridized carbons (Fsp3) is 1.00. The Labute approximate surface area is 114 Å². The van der Waals surface area contributed by atoms with Gasteiger partial charge in [-0.25, -0.2) is 0 Å². The molecule has 0 aliphatic rings. The van der Waals surface area contributed by atoms with Crippen molar-refractivity contribution >= 4 is 46.4 Å². The first-order valence-corrected chi connectivity index (χ1v) is 7.21. The van der Waals surface area contributed by atoms with Crippen molar-refractivity contribution in [2.45, 2.75) is 61.5 Å². The SMILES string of the molecule is CCCC[C@@H](Cl)[C@H](CCCC)C(Cl)(Cl)Cl. The standard InChI is InChI=1S/C11H20Cl4/c1-3-5-7-9(11(13,14)15)10(12)8-6-4-2/h9-10H,3-8H2,1-2H3/t9-,10+/m0/s1. The van der Waals surface area contributed by atoms with Crippen molar-refractivity contribution < 1.29 is 0 Å². The van der Waals surface area contributed by atoms with E-state index in [0.29, 0.717) is 0 Å². The molecule has 0 saturated heterocycles. The molecule has 0 heterocycles. The van der Waals surface area contributed by atoms with Gasteiger partial charge in [-0.2, -0.15) is 0 Å². The van der Waals surface area contributed by atoms with Crippen LogP contribution in [0.15, 0.2) is 0 Å². The van der Waals surface area contributed by atoms with Crippen LogP contribution >= 0.6 is 46.4 Å². The van der Waals surface area contributed by atoms with E-state index in [4.69, 9.17) is 46.4 Å². The van der Waals surface area contributed by atoms with Crippen LogP contribution in [0.3, 0.4) is 0 Å². The first kappa shape index (κ1) is 16.2. The zero-order valence-electron chi connectivity index (χ0n) is 9.41. The summed E-state index contributed by atoms with van der Waals surface area (Å²) in [6.45, 7) is 4.27. The molecule has 0 spiro atoms. The molecule has 2 atom stereocenters. The van der Waals surface area contributed by atoms with Gasteiger partial charge in [-0.1, -0.05) is 74.3 Å². The molecule has 0 aliphatic carbocycles. The molecule has 0 radical (unpaired) electrons. The minimum absolute atomic E-state index is 0.0241. The maximum Gasteiger partial charge on any atom is 0.194 e. The number of alkyl halides is 4. The van der Waals surface area contributed by atoms with Gasteiger partial charge in [-0.05, 0) is 12.8 Å². The largest absolute Gasteiger partial charge is 0.194 e. The Kier molecular flexibility index (Phi) is 8.92. The van der Waals surface area contributed by atoms with Crippen molar-refractivity contribution in [2.24, 2.45) is 5.92 Å². The van der Waals surface area contributed by atoms with Crippen molar-refractivity contribution in [3.63, 3.8) is 0 Å². The monoisotopic (exact) mass is 292 g/mol. The lowest BCUT2D eigenvalue weighted by Crippen LogP contribution is -2.28. The second-order valence-corrected chi connectivity index (χ2v) is 6.88. The highest BCUT2D eigenvalue weighted by Crippen LogP contribution is 2.42. The molecule has 0 amide bonds. The number of hydrogen-bond acceptors (Lipinski definition) is 0. The van der Waals surface area contributed by atoms with Crippen molar-refractivity contribution in [3.8, 4) is 0 Å². The van der Waals surface area contributed by atoms with Crippen LogP contribution in [0.2, 0.25) is 0 Å². The van der Waals surface area contributed by atoms with E-state index in [1.807, 2.05) is 0 Å². The summed E-state index contributed by atoms with van der Waals surface area (Å²) >= 11 is 24.2. The molecule has 0 nitrogen and oxygen atoms in total. The first-order chi connectivity index (χ1) is 6.93. The first-order valence-electron chi connectivity index (χ1n) is 5.64. The number of unbranched alkanes of at least 4 members (excludes halogenated alkanes) is 2. The molecule has 0 rings (SSSR count). The highest BCUT2D eigenvalue weighted by Gasteiger charge is 2.36. The van der Waals surface area contributed by atoms with E-state index >= 15 is 0 Å². The van der Waals surface area contributed by atoms with Gasteiger partial charge in [0.05, 0.1) is 0 Å². The van der Waals surface area contributed by atoms with Crippen LogP contribution in [-0.4, -0.2) is 9.17 Å². The second-order valence-electron chi connectivity index (χ2n) is 3.95. The smallest absolute Gasteiger partial charge is 0.123 e. The van der Waals surface area contributed by atoms with Gasteiger partial charge < -0.3 is 0 Å². The van der Waals surface area contributed by atoms with Crippen molar-refractivity contribution in [1.82, 2.24) is 0 Å². The molecular weight excluding hydrogens is 274 g/mol. The van der Waals surface area contributed by atoms with Crippen LogP contribution in [-0.2, 0) is 0 Å². The van der Waals surface area contributed by atoms with Gasteiger partial charge in [0.15, 0.2) is 3.79 Å². The van der Waals surface area contributed by atoms with E-state index in [-0.39, 0.29) is 11.3 Å². The molecule has 0 aromatic rings. The third kappa shape index (κ3) is 7.15. The fourth-order valence-electron chi connectivity index (χ4n) is 1.57. The Morgan fingerprint density at radius 2 is 1.40 bits per heavy atom. The topological polar surface area (TPSA) is 0 Å². The molecule has 0 fully saturated rings. The summed E-state index contributed by atoms with van der Waals surface area (Å²) < 4.78 is -1.23. The van der Waals surface area contributed by atoms with E-state index in [9.17, 15) is 0 Å². The minimum atomic E-state index is -1.23. The molecule has 15 heavy (non-hydrogen) atoms. The summed E-state index contributed by atoms with van der Waals surface area (Å²) in [5.74, 6) is -0.0318. The lowest BCUT2D eigenvalue weighted by Gasteiger charge is -2.28. The highest BCUT2D eigenvalue weighted by atomic mass is 35.6. The molecule has 0 N–H and O–H groups in total. The van der Waals surface area contributed by atoms with Crippen LogP contribution in [0.1, 0.15) is 52.4 Å². The molecule has 0 aromatic carbocycles. The van der Waals surface area contributed by atoms with E-state index in [2.05, 4.69) is 13.8 Å². The number of hydrogen-bond donors (Lipinski definition) is 0. The average Bonchev–Trinajstić information content (AvgIpc) is 2.13. The zero-order chi connectivity index (χ0) is 11.9. The summed E-state index contributed by atoms with van der Waals surface area (Å²) in [4.78, 5) is 0. The Morgan fingerprint density at radius 3 is 1.80 bits per heavy atom. The van der Waals surface area contributed by atoms with Crippen LogP contribution in [0.4, 0.5) is 0 Å². The van der Waals surface area contributed by atoms with Gasteiger partial charge >= 0.3 is 0 Å². The summed E-state index contributed by atoms with van der Waals surface area (Å²) in [7, 11) is 0. The van der Waals surface area contributed by atoms with Gasteiger partial charge in [-0.15, -0.1) is 11.6 Å². The summed E-state index contributed by atoms with van der Waals surface area (Å²) in [5, 5.41) is -0.0241. The molecular formula is C11H20Cl4. The Hall–Kier alpha value is 1.16. The molecule has 0 bridgehead atoms.